The number of rotatable bonds is 5. The van der Waals surface area contributed by atoms with E-state index in [1.54, 1.807) is 30.1 Å². The molecular weight excluding hydrogens is 522 g/mol. The van der Waals surface area contributed by atoms with E-state index in [1.807, 2.05) is 5.38 Å². The lowest BCUT2D eigenvalue weighted by Crippen LogP contribution is -2.41. The van der Waals surface area contributed by atoms with Gasteiger partial charge in [-0.1, -0.05) is 0 Å². The standard InChI is InChI=1S/C29H36F2N4O3S/c1-15-11-25(26(30)31)35(33-15)20(6)28(36)34-9-7-21(8-10-34)27-32-24(14-39-27)29-37-12-22-18(4)16(2)17(3)19(5)23(22)13-38-29/h11,14,20-21,26,29H,7-10,12-13H2,1-6H3. The second-order valence-corrected chi connectivity index (χ2v) is 11.6. The predicted octanol–water partition coefficient (Wildman–Crippen LogP) is 6.53. The summed E-state index contributed by atoms with van der Waals surface area (Å²) < 4.78 is 40.4. The molecule has 5 rings (SSSR count). The number of piperidine rings is 1. The summed E-state index contributed by atoms with van der Waals surface area (Å²) in [5.74, 6) is 0.0404. The Balaban J connectivity index is 1.21. The van der Waals surface area contributed by atoms with Crippen molar-refractivity contribution in [2.45, 2.75) is 92.3 Å². The van der Waals surface area contributed by atoms with Crippen LogP contribution in [0.25, 0.3) is 0 Å². The maximum Gasteiger partial charge on any atom is 0.280 e. The van der Waals surface area contributed by atoms with Crippen LogP contribution in [0.4, 0.5) is 8.78 Å². The van der Waals surface area contributed by atoms with Crippen molar-refractivity contribution >= 4 is 17.2 Å². The fraction of sp³-hybridized carbons (Fsp3) is 0.552. The number of carbonyl (C=O) groups is 1. The van der Waals surface area contributed by atoms with Crippen molar-refractivity contribution < 1.29 is 23.0 Å². The maximum absolute atomic E-state index is 13.4. The molecule has 2 aliphatic rings. The molecule has 0 N–H and O–H groups in total. The van der Waals surface area contributed by atoms with Crippen molar-refractivity contribution in [1.82, 2.24) is 19.7 Å². The molecule has 0 spiro atoms. The van der Waals surface area contributed by atoms with E-state index >= 15 is 0 Å². The Labute approximate surface area is 232 Å². The first-order valence-electron chi connectivity index (χ1n) is 13.5. The zero-order chi connectivity index (χ0) is 28.0. The molecule has 1 unspecified atom stereocenters. The topological polar surface area (TPSA) is 69.5 Å². The Kier molecular flexibility index (Phi) is 7.90. The van der Waals surface area contributed by atoms with E-state index in [2.05, 4.69) is 32.8 Å². The minimum atomic E-state index is -2.68. The lowest BCUT2D eigenvalue weighted by molar-refractivity contribution is -0.155. The summed E-state index contributed by atoms with van der Waals surface area (Å²) in [6.07, 6.45) is -1.67. The average Bonchev–Trinajstić information content (AvgIpc) is 3.51. The summed E-state index contributed by atoms with van der Waals surface area (Å²) in [7, 11) is 0. The summed E-state index contributed by atoms with van der Waals surface area (Å²) in [6.45, 7) is 14.0. The second-order valence-electron chi connectivity index (χ2n) is 10.8. The number of hydrogen-bond acceptors (Lipinski definition) is 6. The van der Waals surface area contributed by atoms with Gasteiger partial charge in [0.15, 0.2) is 0 Å². The molecule has 0 aliphatic carbocycles. The van der Waals surface area contributed by atoms with Gasteiger partial charge in [-0.05, 0) is 93.8 Å². The van der Waals surface area contributed by atoms with Gasteiger partial charge in [-0.2, -0.15) is 5.10 Å². The number of carbonyl (C=O) groups excluding carboxylic acids is 1. The van der Waals surface area contributed by atoms with Gasteiger partial charge < -0.3 is 14.4 Å². The maximum atomic E-state index is 13.4. The molecular formula is C29H36F2N4O3S. The first-order chi connectivity index (χ1) is 18.6. The highest BCUT2D eigenvalue weighted by Crippen LogP contribution is 2.37. The molecule has 1 saturated heterocycles. The minimum Gasteiger partial charge on any atom is -0.342 e. The Morgan fingerprint density at radius 3 is 2.15 bits per heavy atom. The number of hydrogen-bond donors (Lipinski definition) is 0. The van der Waals surface area contributed by atoms with Gasteiger partial charge in [0.25, 0.3) is 6.43 Å². The largest absolute Gasteiger partial charge is 0.342 e. The van der Waals surface area contributed by atoms with E-state index in [-0.39, 0.29) is 17.5 Å². The number of ether oxygens (including phenoxy) is 2. The number of amides is 1. The highest BCUT2D eigenvalue weighted by Gasteiger charge is 2.32. The van der Waals surface area contributed by atoms with Crippen LogP contribution in [0.15, 0.2) is 11.4 Å². The zero-order valence-corrected chi connectivity index (χ0v) is 24.2. The minimum absolute atomic E-state index is 0.186. The van der Waals surface area contributed by atoms with Crippen LogP contribution in [0, 0.1) is 34.6 Å². The van der Waals surface area contributed by atoms with Crippen LogP contribution in [-0.4, -0.2) is 38.7 Å². The van der Waals surface area contributed by atoms with Gasteiger partial charge in [0.05, 0.1) is 23.9 Å². The van der Waals surface area contributed by atoms with Crippen LogP contribution >= 0.6 is 11.3 Å². The molecule has 3 aromatic rings. The highest BCUT2D eigenvalue weighted by atomic mass is 32.1. The quantitative estimate of drug-likeness (QED) is 0.356. The molecule has 210 valence electrons. The van der Waals surface area contributed by atoms with E-state index in [0.29, 0.717) is 32.0 Å². The molecule has 0 radical (unpaired) electrons. The number of nitrogens with zero attached hydrogens (tertiary/aromatic N) is 4. The molecule has 1 amide bonds. The number of aromatic nitrogens is 3. The average molecular weight is 559 g/mol. The number of halogens is 2. The molecule has 2 aromatic heterocycles. The van der Waals surface area contributed by atoms with Gasteiger partial charge in [-0.25, -0.2) is 13.8 Å². The number of fused-ring (bicyclic) bond motifs is 1. The normalized spacial score (nSPS) is 17.9. The van der Waals surface area contributed by atoms with E-state index in [1.165, 1.54) is 39.4 Å². The highest BCUT2D eigenvalue weighted by molar-refractivity contribution is 7.09. The van der Waals surface area contributed by atoms with E-state index in [0.717, 1.165) is 28.2 Å². The molecule has 10 heteroatoms. The Bertz CT molecular complexity index is 1340. The molecule has 1 atom stereocenters. The van der Waals surface area contributed by atoms with Crippen LogP contribution in [0.1, 0.15) is 99.9 Å². The summed E-state index contributed by atoms with van der Waals surface area (Å²) in [5, 5.41) is 7.18. The van der Waals surface area contributed by atoms with Crippen molar-refractivity contribution in [3.63, 3.8) is 0 Å². The summed E-state index contributed by atoms with van der Waals surface area (Å²) >= 11 is 1.60. The van der Waals surface area contributed by atoms with E-state index in [9.17, 15) is 13.6 Å². The Hall–Kier alpha value is -2.69. The second kappa shape index (κ2) is 11.1. The van der Waals surface area contributed by atoms with Crippen molar-refractivity contribution in [3.05, 3.63) is 66.9 Å². The molecule has 0 saturated carbocycles. The van der Waals surface area contributed by atoms with Crippen molar-refractivity contribution in [1.29, 1.82) is 0 Å². The van der Waals surface area contributed by atoms with Gasteiger partial charge >= 0.3 is 0 Å². The van der Waals surface area contributed by atoms with Crippen LogP contribution in [0.5, 0.6) is 0 Å². The lowest BCUT2D eigenvalue weighted by Gasteiger charge is -2.33. The number of thiazole rings is 1. The van der Waals surface area contributed by atoms with Gasteiger partial charge in [0.1, 0.15) is 17.4 Å². The molecule has 39 heavy (non-hydrogen) atoms. The molecule has 2 aliphatic heterocycles. The smallest absolute Gasteiger partial charge is 0.280 e. The Morgan fingerprint density at radius 1 is 1.00 bits per heavy atom. The fourth-order valence-electron chi connectivity index (χ4n) is 5.72. The number of likely N-dealkylation sites (tertiary alicyclic amines) is 1. The van der Waals surface area contributed by atoms with Crippen molar-refractivity contribution in [3.8, 4) is 0 Å². The number of alkyl halides is 2. The lowest BCUT2D eigenvalue weighted by atomic mass is 9.89. The van der Waals surface area contributed by atoms with Gasteiger partial charge in [0, 0.05) is 24.4 Å². The van der Waals surface area contributed by atoms with Gasteiger partial charge in [0.2, 0.25) is 12.2 Å². The van der Waals surface area contributed by atoms with Crippen molar-refractivity contribution in [2.24, 2.45) is 0 Å². The van der Waals surface area contributed by atoms with Gasteiger partial charge in [-0.3, -0.25) is 9.48 Å². The Morgan fingerprint density at radius 2 is 1.59 bits per heavy atom. The van der Waals surface area contributed by atoms with Crippen LogP contribution in [-0.2, 0) is 27.5 Å². The predicted molar refractivity (Wildman–Crippen MR) is 145 cm³/mol. The third-order valence-corrected chi connectivity index (χ3v) is 9.51. The van der Waals surface area contributed by atoms with Crippen molar-refractivity contribution in [2.75, 3.05) is 13.1 Å². The first-order valence-corrected chi connectivity index (χ1v) is 14.3. The SMILES string of the molecule is Cc1cc(C(F)F)n(C(C)C(=O)N2CCC(c3nc(C4OCc5c(C)c(C)c(C)c(C)c5CO4)cs3)CC2)n1. The summed E-state index contributed by atoms with van der Waals surface area (Å²) in [6, 6.07) is 0.560. The molecule has 0 bridgehead atoms. The summed E-state index contributed by atoms with van der Waals surface area (Å²) in [5.41, 5.74) is 8.60. The molecule has 1 aromatic carbocycles. The van der Waals surface area contributed by atoms with Crippen LogP contribution in [0.3, 0.4) is 0 Å². The first kappa shape index (κ1) is 27.9. The number of aryl methyl sites for hydroxylation is 1. The van der Waals surface area contributed by atoms with Crippen LogP contribution in [0.2, 0.25) is 0 Å². The third kappa shape index (κ3) is 5.26. The van der Waals surface area contributed by atoms with Crippen LogP contribution < -0.4 is 0 Å². The monoisotopic (exact) mass is 558 g/mol. The van der Waals surface area contributed by atoms with E-state index < -0.39 is 18.8 Å². The third-order valence-electron chi connectivity index (χ3n) is 8.49. The summed E-state index contributed by atoms with van der Waals surface area (Å²) in [4.78, 5) is 19.8. The molecule has 7 nitrogen and oxygen atoms in total. The number of benzene rings is 1. The van der Waals surface area contributed by atoms with Gasteiger partial charge in [-0.15, -0.1) is 11.3 Å². The van der Waals surface area contributed by atoms with E-state index in [4.69, 9.17) is 14.5 Å². The fourth-order valence-corrected chi connectivity index (χ4v) is 6.71. The molecule has 4 heterocycles. The zero-order valence-electron chi connectivity index (χ0n) is 23.4. The molecule has 1 fully saturated rings.